The zero-order chi connectivity index (χ0) is 14.0. The Balaban J connectivity index is 1.75. The van der Waals surface area contributed by atoms with Crippen molar-refractivity contribution in [1.29, 1.82) is 0 Å². The average Bonchev–Trinajstić information content (AvgIpc) is 2.49. The highest BCUT2D eigenvalue weighted by molar-refractivity contribution is 6.33. The Morgan fingerprint density at radius 2 is 1.75 bits per heavy atom. The predicted octanol–water partition coefficient (Wildman–Crippen LogP) is 4.38. The van der Waals surface area contributed by atoms with Crippen molar-refractivity contribution in [2.75, 3.05) is 18.0 Å². The van der Waals surface area contributed by atoms with Crippen LogP contribution in [0.1, 0.15) is 50.5 Å². The summed E-state index contributed by atoms with van der Waals surface area (Å²) >= 11 is 6.37. The molecule has 1 spiro atoms. The molecule has 2 nitrogen and oxygen atoms in total. The second-order valence-electron chi connectivity index (χ2n) is 6.45. The maximum atomic E-state index is 9.53. The topological polar surface area (TPSA) is 23.5 Å². The molecular formula is C17H24ClNO. The molecule has 1 aliphatic heterocycles. The summed E-state index contributed by atoms with van der Waals surface area (Å²) in [5.74, 6) is 0. The number of para-hydroxylation sites is 1. The summed E-state index contributed by atoms with van der Waals surface area (Å²) in [5.41, 5.74) is 2.62. The molecule has 3 heteroatoms. The third-order valence-electron chi connectivity index (χ3n) is 5.30. The van der Waals surface area contributed by atoms with Crippen molar-refractivity contribution >= 4 is 17.3 Å². The smallest absolute Gasteiger partial charge is 0.0702 e. The molecule has 0 amide bonds. The van der Waals surface area contributed by atoms with Crippen molar-refractivity contribution in [2.24, 2.45) is 5.41 Å². The van der Waals surface area contributed by atoms with Gasteiger partial charge < -0.3 is 10.0 Å². The molecule has 0 aromatic heterocycles. The van der Waals surface area contributed by atoms with Crippen LogP contribution in [0.5, 0.6) is 0 Å². The lowest BCUT2D eigenvalue weighted by Gasteiger charge is -2.45. The van der Waals surface area contributed by atoms with Crippen molar-refractivity contribution < 1.29 is 5.11 Å². The van der Waals surface area contributed by atoms with E-state index in [2.05, 4.69) is 4.90 Å². The average molecular weight is 294 g/mol. The van der Waals surface area contributed by atoms with Crippen molar-refractivity contribution in [2.45, 2.75) is 51.6 Å². The monoisotopic (exact) mass is 293 g/mol. The number of anilines is 1. The lowest BCUT2D eigenvalue weighted by molar-refractivity contribution is 0.144. The van der Waals surface area contributed by atoms with Gasteiger partial charge in [-0.1, -0.05) is 43.0 Å². The van der Waals surface area contributed by atoms with E-state index in [0.29, 0.717) is 5.41 Å². The van der Waals surface area contributed by atoms with Crippen LogP contribution in [0.2, 0.25) is 5.02 Å². The molecular weight excluding hydrogens is 270 g/mol. The second kappa shape index (κ2) is 5.95. The van der Waals surface area contributed by atoms with Gasteiger partial charge in [0.1, 0.15) is 0 Å². The molecule has 0 atom stereocenters. The molecule has 2 aliphatic rings. The maximum absolute atomic E-state index is 9.53. The van der Waals surface area contributed by atoms with E-state index >= 15 is 0 Å². The fraction of sp³-hybridized carbons (Fsp3) is 0.647. The van der Waals surface area contributed by atoms with Gasteiger partial charge in [-0.15, -0.1) is 0 Å². The molecule has 0 unspecified atom stereocenters. The minimum atomic E-state index is 0.0670. The molecule has 1 saturated heterocycles. The first-order valence-electron chi connectivity index (χ1n) is 7.87. The normalized spacial score (nSPS) is 22.2. The first kappa shape index (κ1) is 14.2. The van der Waals surface area contributed by atoms with Crippen molar-refractivity contribution in [3.8, 4) is 0 Å². The lowest BCUT2D eigenvalue weighted by atomic mass is 9.68. The summed E-state index contributed by atoms with van der Waals surface area (Å²) in [5, 5.41) is 10.3. The molecule has 1 aromatic rings. The van der Waals surface area contributed by atoms with Crippen LogP contribution >= 0.6 is 11.6 Å². The van der Waals surface area contributed by atoms with Gasteiger partial charge >= 0.3 is 0 Å². The van der Waals surface area contributed by atoms with Gasteiger partial charge in [-0.25, -0.2) is 0 Å². The number of benzene rings is 1. The summed E-state index contributed by atoms with van der Waals surface area (Å²) in [6.07, 6.45) is 9.63. The van der Waals surface area contributed by atoms with E-state index in [1.807, 2.05) is 18.2 Å². The summed E-state index contributed by atoms with van der Waals surface area (Å²) in [6.45, 7) is 2.23. The highest BCUT2D eigenvalue weighted by Crippen LogP contribution is 2.46. The zero-order valence-corrected chi connectivity index (χ0v) is 12.8. The second-order valence-corrected chi connectivity index (χ2v) is 6.86. The summed E-state index contributed by atoms with van der Waals surface area (Å²) in [6, 6.07) is 5.83. The summed E-state index contributed by atoms with van der Waals surface area (Å²) < 4.78 is 0. The van der Waals surface area contributed by atoms with Crippen LogP contribution in [-0.4, -0.2) is 18.2 Å². The molecule has 1 N–H and O–H groups in total. The molecule has 1 saturated carbocycles. The van der Waals surface area contributed by atoms with Crippen molar-refractivity contribution in [1.82, 2.24) is 0 Å². The Kier molecular flexibility index (Phi) is 4.23. The van der Waals surface area contributed by atoms with Crippen LogP contribution in [0.4, 0.5) is 5.69 Å². The van der Waals surface area contributed by atoms with Gasteiger partial charge in [0.25, 0.3) is 0 Å². The van der Waals surface area contributed by atoms with Gasteiger partial charge in [0.05, 0.1) is 17.3 Å². The molecule has 2 fully saturated rings. The number of nitrogens with zero attached hydrogens (tertiary/aromatic N) is 1. The van der Waals surface area contributed by atoms with Crippen LogP contribution in [0.25, 0.3) is 0 Å². The standard InChI is InChI=1S/C17H24ClNO/c18-15-6-4-5-14(13-20)16(15)19-11-9-17(10-12-19)7-2-1-3-8-17/h4-6,20H,1-3,7-13H2. The van der Waals surface area contributed by atoms with E-state index < -0.39 is 0 Å². The predicted molar refractivity (Wildman–Crippen MR) is 84.3 cm³/mol. The van der Waals surface area contributed by atoms with Crippen LogP contribution < -0.4 is 4.90 Å². The maximum Gasteiger partial charge on any atom is 0.0702 e. The number of halogens is 1. The molecule has 110 valence electrons. The minimum absolute atomic E-state index is 0.0670. The third-order valence-corrected chi connectivity index (χ3v) is 5.60. The Bertz CT molecular complexity index is 458. The number of hydrogen-bond donors (Lipinski definition) is 1. The van der Waals surface area contributed by atoms with Crippen LogP contribution in [0.15, 0.2) is 18.2 Å². The molecule has 1 heterocycles. The molecule has 1 aromatic carbocycles. The van der Waals surface area contributed by atoms with Crippen LogP contribution in [0.3, 0.4) is 0 Å². The molecule has 0 bridgehead atoms. The number of hydrogen-bond acceptors (Lipinski definition) is 2. The van der Waals surface area contributed by atoms with Crippen LogP contribution in [-0.2, 0) is 6.61 Å². The van der Waals surface area contributed by atoms with E-state index in [0.717, 1.165) is 29.4 Å². The Morgan fingerprint density at radius 1 is 1.05 bits per heavy atom. The molecule has 0 radical (unpaired) electrons. The molecule has 3 rings (SSSR count). The fourth-order valence-electron chi connectivity index (χ4n) is 4.05. The van der Waals surface area contributed by atoms with Gasteiger partial charge in [0.2, 0.25) is 0 Å². The van der Waals surface area contributed by atoms with Gasteiger partial charge in [-0.2, -0.15) is 0 Å². The molecule has 20 heavy (non-hydrogen) atoms. The van der Waals surface area contributed by atoms with Gasteiger partial charge in [-0.3, -0.25) is 0 Å². The third kappa shape index (κ3) is 2.68. The number of piperidine rings is 1. The highest BCUT2D eigenvalue weighted by atomic mass is 35.5. The Morgan fingerprint density at radius 3 is 2.40 bits per heavy atom. The van der Waals surface area contributed by atoms with E-state index in [1.165, 1.54) is 44.9 Å². The van der Waals surface area contributed by atoms with Gasteiger partial charge in [-0.05, 0) is 37.2 Å². The van der Waals surface area contributed by atoms with E-state index in [1.54, 1.807) is 0 Å². The lowest BCUT2D eigenvalue weighted by Crippen LogP contribution is -2.41. The Labute approximate surface area is 126 Å². The largest absolute Gasteiger partial charge is 0.392 e. The summed E-state index contributed by atoms with van der Waals surface area (Å²) in [7, 11) is 0. The number of aliphatic hydroxyl groups excluding tert-OH is 1. The van der Waals surface area contributed by atoms with E-state index in [9.17, 15) is 5.11 Å². The first-order chi connectivity index (χ1) is 9.74. The minimum Gasteiger partial charge on any atom is -0.392 e. The Hall–Kier alpha value is -0.730. The zero-order valence-electron chi connectivity index (χ0n) is 12.1. The van der Waals surface area contributed by atoms with Crippen molar-refractivity contribution in [3.63, 3.8) is 0 Å². The number of rotatable bonds is 2. The van der Waals surface area contributed by atoms with Crippen LogP contribution in [0, 0.1) is 5.41 Å². The van der Waals surface area contributed by atoms with Gasteiger partial charge in [0.15, 0.2) is 0 Å². The van der Waals surface area contributed by atoms with Crippen molar-refractivity contribution in [3.05, 3.63) is 28.8 Å². The highest BCUT2D eigenvalue weighted by Gasteiger charge is 2.36. The van der Waals surface area contributed by atoms with Gasteiger partial charge in [0, 0.05) is 18.7 Å². The SMILES string of the molecule is OCc1cccc(Cl)c1N1CCC2(CCCCC2)CC1. The quantitative estimate of drug-likeness (QED) is 0.874. The van der Waals surface area contributed by atoms with E-state index in [-0.39, 0.29) is 6.61 Å². The summed E-state index contributed by atoms with van der Waals surface area (Å²) in [4.78, 5) is 2.38. The fourth-order valence-corrected chi connectivity index (χ4v) is 4.36. The first-order valence-corrected chi connectivity index (χ1v) is 8.25. The molecule has 1 aliphatic carbocycles. The number of aliphatic hydroxyl groups is 1. The van der Waals surface area contributed by atoms with E-state index in [4.69, 9.17) is 11.6 Å².